The second-order valence-corrected chi connectivity index (χ2v) is 4.67. The highest BCUT2D eigenvalue weighted by Gasteiger charge is 2.17. The first-order valence-electron chi connectivity index (χ1n) is 6.43. The van der Waals surface area contributed by atoms with Crippen molar-refractivity contribution in [2.45, 2.75) is 25.3 Å². The summed E-state index contributed by atoms with van der Waals surface area (Å²) in [5.41, 5.74) is -0.116. The maximum Gasteiger partial charge on any atom is 0.352 e. The molecule has 0 spiro atoms. The lowest BCUT2D eigenvalue weighted by Gasteiger charge is -2.15. The van der Waals surface area contributed by atoms with Gasteiger partial charge >= 0.3 is 11.4 Å². The van der Waals surface area contributed by atoms with E-state index in [2.05, 4.69) is 11.2 Å². The Balaban J connectivity index is 2.11. The van der Waals surface area contributed by atoms with Crippen LogP contribution in [0.15, 0.2) is 52.1 Å². The minimum atomic E-state index is -0.393. The molecule has 0 saturated heterocycles. The van der Waals surface area contributed by atoms with Crippen molar-refractivity contribution >= 4 is 0 Å². The van der Waals surface area contributed by atoms with Crippen LogP contribution in [0, 0.1) is 0 Å². The van der Waals surface area contributed by atoms with Crippen LogP contribution in [0.2, 0.25) is 0 Å². The van der Waals surface area contributed by atoms with Gasteiger partial charge in [-0.05, 0) is 31.4 Å². The molecular formula is C14H15N3O2. The van der Waals surface area contributed by atoms with E-state index in [0.717, 1.165) is 19.3 Å². The van der Waals surface area contributed by atoms with Gasteiger partial charge in [-0.2, -0.15) is 0 Å². The molecule has 1 aliphatic rings. The molecule has 0 aliphatic heterocycles. The highest BCUT2D eigenvalue weighted by atomic mass is 16.2. The molecular weight excluding hydrogens is 242 g/mol. The van der Waals surface area contributed by atoms with Crippen molar-refractivity contribution in [1.29, 1.82) is 0 Å². The maximum absolute atomic E-state index is 12.4. The summed E-state index contributed by atoms with van der Waals surface area (Å²) >= 11 is 0. The van der Waals surface area contributed by atoms with Crippen molar-refractivity contribution in [2.75, 3.05) is 0 Å². The smallest absolute Gasteiger partial charge is 0.246 e. The average Bonchev–Trinajstić information content (AvgIpc) is 2.76. The first kappa shape index (κ1) is 11.8. The van der Waals surface area contributed by atoms with Crippen molar-refractivity contribution in [3.8, 4) is 5.69 Å². The summed E-state index contributed by atoms with van der Waals surface area (Å²) < 4.78 is 2.59. The highest BCUT2D eigenvalue weighted by molar-refractivity contribution is 5.30. The van der Waals surface area contributed by atoms with Gasteiger partial charge in [-0.1, -0.05) is 30.4 Å². The van der Waals surface area contributed by atoms with Crippen LogP contribution in [0.4, 0.5) is 0 Å². The van der Waals surface area contributed by atoms with Crippen molar-refractivity contribution in [3.63, 3.8) is 0 Å². The molecule has 1 atom stereocenters. The number of aromatic amines is 1. The van der Waals surface area contributed by atoms with Gasteiger partial charge in [0.15, 0.2) is 0 Å². The summed E-state index contributed by atoms with van der Waals surface area (Å²) in [6.45, 7) is 0. The average molecular weight is 257 g/mol. The lowest BCUT2D eigenvalue weighted by Crippen LogP contribution is -2.29. The Morgan fingerprint density at radius 3 is 2.63 bits per heavy atom. The van der Waals surface area contributed by atoms with Crippen LogP contribution in [0.25, 0.3) is 5.69 Å². The normalized spacial score (nSPS) is 18.6. The fraction of sp³-hybridized carbons (Fsp3) is 0.286. The Kier molecular flexibility index (Phi) is 2.95. The topological polar surface area (TPSA) is 59.8 Å². The van der Waals surface area contributed by atoms with Crippen LogP contribution in [0.1, 0.15) is 25.3 Å². The minimum Gasteiger partial charge on any atom is -0.246 e. The van der Waals surface area contributed by atoms with E-state index in [4.69, 9.17) is 0 Å². The number of nitrogens with one attached hydrogen (secondary N) is 1. The molecule has 1 aliphatic carbocycles. The highest BCUT2D eigenvalue weighted by Crippen LogP contribution is 2.19. The van der Waals surface area contributed by atoms with Gasteiger partial charge in [-0.25, -0.2) is 23.9 Å². The van der Waals surface area contributed by atoms with Gasteiger partial charge in [-0.15, -0.1) is 0 Å². The fourth-order valence-electron chi connectivity index (χ4n) is 2.43. The van der Waals surface area contributed by atoms with Gasteiger partial charge in [0, 0.05) is 0 Å². The Morgan fingerprint density at radius 1 is 1.16 bits per heavy atom. The third-order valence-electron chi connectivity index (χ3n) is 3.39. The number of nitrogens with zero attached hydrogens (tertiary/aromatic N) is 2. The molecule has 1 N–H and O–H groups in total. The molecule has 0 fully saturated rings. The molecule has 1 aromatic heterocycles. The zero-order chi connectivity index (χ0) is 13.2. The molecule has 0 saturated carbocycles. The maximum atomic E-state index is 12.4. The van der Waals surface area contributed by atoms with Crippen molar-refractivity contribution in [3.05, 3.63) is 63.5 Å². The summed E-state index contributed by atoms with van der Waals surface area (Å²) in [6.07, 6.45) is 6.99. The standard InChI is InChI=1S/C14H15N3O2/c18-13-15-17(12-9-5-2-6-10-12)14(19)16(13)11-7-3-1-4-8-11/h1,3-5,7-9,12H,2,6,10H2,(H,15,18). The molecule has 1 aromatic carbocycles. The van der Waals surface area contributed by atoms with E-state index in [1.165, 1.54) is 9.25 Å². The number of para-hydroxylation sites is 1. The number of aromatic nitrogens is 3. The molecule has 5 nitrogen and oxygen atoms in total. The monoisotopic (exact) mass is 257 g/mol. The zero-order valence-corrected chi connectivity index (χ0v) is 10.5. The van der Waals surface area contributed by atoms with E-state index in [-0.39, 0.29) is 11.7 Å². The SMILES string of the molecule is O=c1[nH]n(C2C=CCCC2)c(=O)n1-c1ccccc1. The Labute approximate surface area is 109 Å². The van der Waals surface area contributed by atoms with Crippen LogP contribution in [0.5, 0.6) is 0 Å². The Morgan fingerprint density at radius 2 is 1.95 bits per heavy atom. The van der Waals surface area contributed by atoms with E-state index in [9.17, 15) is 9.59 Å². The number of allylic oxidation sites excluding steroid dienone is 2. The second kappa shape index (κ2) is 4.76. The first-order valence-corrected chi connectivity index (χ1v) is 6.43. The van der Waals surface area contributed by atoms with Crippen LogP contribution in [-0.4, -0.2) is 14.3 Å². The van der Waals surface area contributed by atoms with Gasteiger partial charge in [-0.3, -0.25) is 0 Å². The van der Waals surface area contributed by atoms with E-state index in [1.54, 1.807) is 24.3 Å². The van der Waals surface area contributed by atoms with E-state index < -0.39 is 5.69 Å². The molecule has 5 heteroatoms. The van der Waals surface area contributed by atoms with E-state index in [1.807, 2.05) is 12.1 Å². The van der Waals surface area contributed by atoms with Gasteiger partial charge in [0.25, 0.3) is 0 Å². The molecule has 0 bridgehead atoms. The largest absolute Gasteiger partial charge is 0.352 e. The number of hydrogen-bond acceptors (Lipinski definition) is 2. The van der Waals surface area contributed by atoms with Crippen molar-refractivity contribution in [2.24, 2.45) is 0 Å². The second-order valence-electron chi connectivity index (χ2n) is 4.67. The Bertz CT molecular complexity index is 706. The van der Waals surface area contributed by atoms with Crippen LogP contribution < -0.4 is 11.4 Å². The summed E-state index contributed by atoms with van der Waals surface area (Å²) in [5, 5.41) is 2.64. The van der Waals surface area contributed by atoms with Gasteiger partial charge in [0.1, 0.15) is 0 Å². The van der Waals surface area contributed by atoms with Crippen molar-refractivity contribution < 1.29 is 0 Å². The van der Waals surface area contributed by atoms with Crippen molar-refractivity contribution in [1.82, 2.24) is 14.3 Å². The summed E-state index contributed by atoms with van der Waals surface area (Å²) in [6, 6.07) is 8.91. The fourth-order valence-corrected chi connectivity index (χ4v) is 2.43. The molecule has 2 aromatic rings. The predicted molar refractivity (Wildman–Crippen MR) is 72.7 cm³/mol. The minimum absolute atomic E-state index is 0.0427. The molecule has 1 unspecified atom stereocenters. The van der Waals surface area contributed by atoms with E-state index >= 15 is 0 Å². The van der Waals surface area contributed by atoms with Crippen LogP contribution in [0.3, 0.4) is 0 Å². The lowest BCUT2D eigenvalue weighted by molar-refractivity contribution is 0.458. The molecule has 3 rings (SSSR count). The van der Waals surface area contributed by atoms with Gasteiger partial charge in [0.2, 0.25) is 0 Å². The van der Waals surface area contributed by atoms with Crippen LogP contribution >= 0.6 is 0 Å². The molecule has 0 amide bonds. The Hall–Kier alpha value is -2.30. The van der Waals surface area contributed by atoms with Crippen LogP contribution in [-0.2, 0) is 0 Å². The number of hydrogen-bond donors (Lipinski definition) is 1. The number of benzene rings is 1. The molecule has 1 heterocycles. The lowest BCUT2D eigenvalue weighted by atomic mass is 10.0. The third kappa shape index (κ3) is 2.07. The molecule has 0 radical (unpaired) electrons. The first-order chi connectivity index (χ1) is 9.27. The molecule has 19 heavy (non-hydrogen) atoms. The summed E-state index contributed by atoms with van der Waals surface area (Å²) in [7, 11) is 0. The predicted octanol–water partition coefficient (Wildman–Crippen LogP) is 1.61. The van der Waals surface area contributed by atoms with Gasteiger partial charge in [0.05, 0.1) is 11.7 Å². The van der Waals surface area contributed by atoms with Gasteiger partial charge < -0.3 is 0 Å². The summed E-state index contributed by atoms with van der Waals surface area (Å²) in [5.74, 6) is 0. The quantitative estimate of drug-likeness (QED) is 0.831. The van der Waals surface area contributed by atoms with E-state index in [0.29, 0.717) is 5.69 Å². The zero-order valence-electron chi connectivity index (χ0n) is 10.5. The number of H-pyrrole nitrogens is 1. The molecule has 98 valence electrons. The number of rotatable bonds is 2. The summed E-state index contributed by atoms with van der Waals surface area (Å²) in [4.78, 5) is 24.3. The third-order valence-corrected chi connectivity index (χ3v) is 3.39.